The minimum atomic E-state index is 0.0225. The molecule has 3 rings (SSSR count). The van der Waals surface area contributed by atoms with E-state index in [2.05, 4.69) is 21.0 Å². The van der Waals surface area contributed by atoms with Crippen molar-refractivity contribution in [3.63, 3.8) is 0 Å². The topological polar surface area (TPSA) is 67.7 Å². The van der Waals surface area contributed by atoms with Crippen molar-refractivity contribution in [2.45, 2.75) is 0 Å². The molecule has 1 aromatic heterocycles. The highest BCUT2D eigenvalue weighted by atomic mass is 79.9. The summed E-state index contributed by atoms with van der Waals surface area (Å²) in [6.07, 6.45) is 3.74. The van der Waals surface area contributed by atoms with Crippen LogP contribution in [0.3, 0.4) is 0 Å². The summed E-state index contributed by atoms with van der Waals surface area (Å²) in [5, 5.41) is 12.1. The SMILES string of the molecule is N=C(N)c1ccc(Br)cc1-n1cc(-c2ccccc2)cn1. The first kappa shape index (κ1) is 13.6. The maximum atomic E-state index is 7.69. The lowest BCUT2D eigenvalue weighted by Crippen LogP contribution is -2.14. The van der Waals surface area contributed by atoms with Gasteiger partial charge in [0.25, 0.3) is 0 Å². The molecule has 0 radical (unpaired) electrons. The van der Waals surface area contributed by atoms with Crippen molar-refractivity contribution in [2.75, 3.05) is 0 Å². The molecular formula is C16H13BrN4. The molecule has 0 fully saturated rings. The average molecular weight is 341 g/mol. The fourth-order valence-corrected chi connectivity index (χ4v) is 2.51. The second kappa shape index (κ2) is 5.54. The molecule has 2 aromatic carbocycles. The first-order chi connectivity index (χ1) is 10.1. The highest BCUT2D eigenvalue weighted by Gasteiger charge is 2.10. The van der Waals surface area contributed by atoms with Crippen molar-refractivity contribution in [1.82, 2.24) is 9.78 Å². The van der Waals surface area contributed by atoms with Crippen molar-refractivity contribution in [3.8, 4) is 16.8 Å². The van der Waals surface area contributed by atoms with Gasteiger partial charge in [-0.2, -0.15) is 5.10 Å². The first-order valence-electron chi connectivity index (χ1n) is 6.39. The van der Waals surface area contributed by atoms with E-state index >= 15 is 0 Å². The molecule has 21 heavy (non-hydrogen) atoms. The maximum Gasteiger partial charge on any atom is 0.124 e. The summed E-state index contributed by atoms with van der Waals surface area (Å²) in [6.45, 7) is 0. The number of nitrogens with one attached hydrogen (secondary N) is 1. The van der Waals surface area contributed by atoms with Gasteiger partial charge in [-0.1, -0.05) is 46.3 Å². The van der Waals surface area contributed by atoms with Gasteiger partial charge in [0.1, 0.15) is 5.84 Å². The zero-order valence-corrected chi connectivity index (χ0v) is 12.7. The fraction of sp³-hybridized carbons (Fsp3) is 0. The van der Waals surface area contributed by atoms with Crippen LogP contribution < -0.4 is 5.73 Å². The van der Waals surface area contributed by atoms with Gasteiger partial charge < -0.3 is 5.73 Å². The number of aromatic nitrogens is 2. The number of halogens is 1. The molecule has 1 heterocycles. The highest BCUT2D eigenvalue weighted by molar-refractivity contribution is 9.10. The summed E-state index contributed by atoms with van der Waals surface area (Å²) < 4.78 is 2.66. The van der Waals surface area contributed by atoms with Gasteiger partial charge in [-0.3, -0.25) is 5.41 Å². The fourth-order valence-electron chi connectivity index (χ4n) is 2.16. The van der Waals surface area contributed by atoms with Gasteiger partial charge in [0.15, 0.2) is 0 Å². The quantitative estimate of drug-likeness (QED) is 0.565. The molecule has 104 valence electrons. The van der Waals surface area contributed by atoms with Gasteiger partial charge in [-0.15, -0.1) is 0 Å². The smallest absolute Gasteiger partial charge is 0.124 e. The van der Waals surface area contributed by atoms with Crippen LogP contribution in [0.15, 0.2) is 65.4 Å². The van der Waals surface area contributed by atoms with Crippen molar-refractivity contribution >= 4 is 21.8 Å². The predicted octanol–water partition coefficient (Wildman–Crippen LogP) is 3.59. The van der Waals surface area contributed by atoms with Crippen molar-refractivity contribution in [3.05, 3.63) is 71.0 Å². The predicted molar refractivity (Wildman–Crippen MR) is 87.7 cm³/mol. The van der Waals surface area contributed by atoms with Crippen LogP contribution in [-0.2, 0) is 0 Å². The number of hydrogen-bond acceptors (Lipinski definition) is 2. The third-order valence-corrected chi connectivity index (χ3v) is 3.68. The molecule has 0 aliphatic rings. The lowest BCUT2D eigenvalue weighted by Gasteiger charge is -2.08. The Kier molecular flexibility index (Phi) is 3.58. The number of nitrogen functional groups attached to an aromatic ring is 1. The summed E-state index contributed by atoms with van der Waals surface area (Å²) in [5.74, 6) is 0.0225. The van der Waals surface area contributed by atoms with Crippen LogP contribution >= 0.6 is 15.9 Å². The zero-order chi connectivity index (χ0) is 14.8. The first-order valence-corrected chi connectivity index (χ1v) is 7.19. The van der Waals surface area contributed by atoms with E-state index in [0.29, 0.717) is 5.56 Å². The molecule has 0 saturated heterocycles. The molecule has 0 atom stereocenters. The Hall–Kier alpha value is -2.40. The highest BCUT2D eigenvalue weighted by Crippen LogP contribution is 2.23. The van der Waals surface area contributed by atoms with E-state index in [1.807, 2.05) is 54.7 Å². The minimum Gasteiger partial charge on any atom is -0.384 e. The van der Waals surface area contributed by atoms with E-state index in [-0.39, 0.29) is 5.84 Å². The monoisotopic (exact) mass is 340 g/mol. The van der Waals surface area contributed by atoms with Gasteiger partial charge in [0, 0.05) is 21.8 Å². The molecule has 0 aliphatic carbocycles. The van der Waals surface area contributed by atoms with E-state index in [9.17, 15) is 0 Å². The molecule has 0 amide bonds. The number of amidine groups is 1. The van der Waals surface area contributed by atoms with E-state index in [1.165, 1.54) is 0 Å². The second-order valence-corrected chi connectivity index (χ2v) is 5.53. The zero-order valence-electron chi connectivity index (χ0n) is 11.1. The van der Waals surface area contributed by atoms with Crippen molar-refractivity contribution in [2.24, 2.45) is 5.73 Å². The van der Waals surface area contributed by atoms with E-state index in [1.54, 1.807) is 10.9 Å². The molecule has 0 aliphatic heterocycles. The Morgan fingerprint density at radius 2 is 1.86 bits per heavy atom. The van der Waals surface area contributed by atoms with Gasteiger partial charge >= 0.3 is 0 Å². The lowest BCUT2D eigenvalue weighted by molar-refractivity contribution is 0.877. The van der Waals surface area contributed by atoms with Gasteiger partial charge in [-0.05, 0) is 23.8 Å². The molecule has 0 unspecified atom stereocenters. The van der Waals surface area contributed by atoms with Crippen LogP contribution in [0, 0.1) is 5.41 Å². The van der Waals surface area contributed by atoms with Crippen molar-refractivity contribution in [1.29, 1.82) is 5.41 Å². The van der Waals surface area contributed by atoms with Gasteiger partial charge in [0.05, 0.1) is 11.9 Å². The Bertz CT molecular complexity index is 793. The van der Waals surface area contributed by atoms with E-state index < -0.39 is 0 Å². The van der Waals surface area contributed by atoms with Crippen LogP contribution in [0.25, 0.3) is 16.8 Å². The lowest BCUT2D eigenvalue weighted by atomic mass is 10.1. The maximum absolute atomic E-state index is 7.69. The molecule has 4 nitrogen and oxygen atoms in total. The number of hydrogen-bond donors (Lipinski definition) is 2. The van der Waals surface area contributed by atoms with Crippen LogP contribution in [0.5, 0.6) is 0 Å². The largest absolute Gasteiger partial charge is 0.384 e. The third-order valence-electron chi connectivity index (χ3n) is 3.19. The second-order valence-electron chi connectivity index (χ2n) is 4.61. The van der Waals surface area contributed by atoms with Crippen LogP contribution in [0.2, 0.25) is 0 Å². The number of nitrogens with two attached hydrogens (primary N) is 1. The van der Waals surface area contributed by atoms with Gasteiger partial charge in [0.2, 0.25) is 0 Å². The van der Waals surface area contributed by atoms with Crippen LogP contribution in [0.1, 0.15) is 5.56 Å². The summed E-state index contributed by atoms with van der Waals surface area (Å²) in [7, 11) is 0. The minimum absolute atomic E-state index is 0.0225. The van der Waals surface area contributed by atoms with E-state index in [0.717, 1.165) is 21.3 Å². The average Bonchev–Trinajstić information content (AvgIpc) is 2.97. The number of rotatable bonds is 3. The molecule has 0 bridgehead atoms. The molecule has 0 spiro atoms. The summed E-state index contributed by atoms with van der Waals surface area (Å²) >= 11 is 3.44. The summed E-state index contributed by atoms with van der Waals surface area (Å²) in [6, 6.07) is 15.6. The van der Waals surface area contributed by atoms with E-state index in [4.69, 9.17) is 11.1 Å². The normalized spacial score (nSPS) is 10.5. The molecule has 3 N–H and O–H groups in total. The number of nitrogens with zero attached hydrogens (tertiary/aromatic N) is 2. The molecule has 0 saturated carbocycles. The molecular weight excluding hydrogens is 328 g/mol. The Labute approximate surface area is 130 Å². The van der Waals surface area contributed by atoms with Crippen LogP contribution in [-0.4, -0.2) is 15.6 Å². The molecule has 3 aromatic rings. The Morgan fingerprint density at radius 1 is 1.10 bits per heavy atom. The third kappa shape index (κ3) is 2.73. The van der Waals surface area contributed by atoms with Gasteiger partial charge in [-0.25, -0.2) is 4.68 Å². The van der Waals surface area contributed by atoms with Crippen LogP contribution in [0.4, 0.5) is 0 Å². The molecule has 5 heteroatoms. The summed E-state index contributed by atoms with van der Waals surface area (Å²) in [4.78, 5) is 0. The Balaban J connectivity index is 2.08. The summed E-state index contributed by atoms with van der Waals surface area (Å²) in [5.41, 5.74) is 9.20. The number of benzene rings is 2. The standard InChI is InChI=1S/C16H13BrN4/c17-13-6-7-14(16(18)19)15(8-13)21-10-12(9-20-21)11-4-2-1-3-5-11/h1-10H,(H3,18,19). The van der Waals surface area contributed by atoms with Crippen molar-refractivity contribution < 1.29 is 0 Å². The Morgan fingerprint density at radius 3 is 2.57 bits per heavy atom.